The highest BCUT2D eigenvalue weighted by Gasteiger charge is 2.23. The first kappa shape index (κ1) is 37.1. The molecule has 38 heavy (non-hydrogen) atoms. The highest BCUT2D eigenvalue weighted by Crippen LogP contribution is 2.14. The number of carbonyl (C=O) groups excluding carboxylic acids is 1. The number of hydrogen-bond acceptors (Lipinski definition) is 4. The molecule has 0 aliphatic rings. The van der Waals surface area contributed by atoms with Gasteiger partial charge in [0.1, 0.15) is 6.10 Å². The van der Waals surface area contributed by atoms with E-state index in [0.29, 0.717) is 12.8 Å². The lowest BCUT2D eigenvalue weighted by Crippen LogP contribution is -2.49. The molecule has 0 aromatic heterocycles. The normalized spacial score (nSPS) is 14.1. The number of unbranched alkanes of at least 4 members (excludes halogenated alkanes) is 19. The van der Waals surface area contributed by atoms with Crippen molar-refractivity contribution in [3.63, 3.8) is 0 Å². The van der Waals surface area contributed by atoms with Crippen LogP contribution in [-0.4, -0.2) is 46.1 Å². The van der Waals surface area contributed by atoms with E-state index >= 15 is 0 Å². The molecule has 0 saturated carbocycles. The second kappa shape index (κ2) is 29.1. The fourth-order valence-electron chi connectivity index (χ4n) is 4.95. The SMILES string of the molecule is CCCCC/C=C\CCCCCCC(O)C(=O)NC(CO)C(O)CCCCCCCCCCCCCCC. The molecule has 0 fully saturated rings. The lowest BCUT2D eigenvalue weighted by Gasteiger charge is -2.23. The molecule has 0 heterocycles. The third-order valence-electron chi connectivity index (χ3n) is 7.63. The molecule has 0 aliphatic heterocycles. The van der Waals surface area contributed by atoms with Crippen LogP contribution in [0.1, 0.15) is 168 Å². The molecule has 4 N–H and O–H groups in total. The molecule has 0 spiro atoms. The maximum Gasteiger partial charge on any atom is 0.249 e. The molecule has 5 heteroatoms. The lowest BCUT2D eigenvalue weighted by atomic mass is 10.0. The number of rotatable bonds is 29. The van der Waals surface area contributed by atoms with Gasteiger partial charge in [-0.05, 0) is 38.5 Å². The minimum atomic E-state index is -1.08. The Balaban J connectivity index is 3.74. The second-order valence-electron chi connectivity index (χ2n) is 11.4. The molecule has 0 radical (unpaired) electrons. The summed E-state index contributed by atoms with van der Waals surface area (Å²) in [5, 5.41) is 32.9. The van der Waals surface area contributed by atoms with Crippen molar-refractivity contribution in [2.75, 3.05) is 6.61 Å². The van der Waals surface area contributed by atoms with Crippen LogP contribution in [0, 0.1) is 0 Å². The summed E-state index contributed by atoms with van der Waals surface area (Å²) in [7, 11) is 0. The molecule has 226 valence electrons. The standard InChI is InChI=1S/C33H65NO4/c1-3-5-7-9-11-13-15-16-18-19-21-23-25-27-31(36)30(29-35)34-33(38)32(37)28-26-24-22-20-17-14-12-10-8-6-4-2/h12,14,30-32,35-37H,3-11,13,15-29H2,1-2H3,(H,34,38)/b14-12-. The van der Waals surface area contributed by atoms with Gasteiger partial charge in [0.25, 0.3) is 0 Å². The number of hydrogen-bond donors (Lipinski definition) is 4. The van der Waals surface area contributed by atoms with E-state index in [4.69, 9.17) is 0 Å². The van der Waals surface area contributed by atoms with E-state index < -0.39 is 24.2 Å². The molecule has 0 saturated heterocycles. The van der Waals surface area contributed by atoms with Gasteiger partial charge in [0, 0.05) is 0 Å². The Hall–Kier alpha value is -0.910. The van der Waals surface area contributed by atoms with E-state index in [1.54, 1.807) is 0 Å². The summed E-state index contributed by atoms with van der Waals surface area (Å²) in [4.78, 5) is 12.3. The Labute approximate surface area is 236 Å². The largest absolute Gasteiger partial charge is 0.394 e. The third-order valence-corrected chi connectivity index (χ3v) is 7.63. The van der Waals surface area contributed by atoms with Gasteiger partial charge in [-0.2, -0.15) is 0 Å². The van der Waals surface area contributed by atoms with Crippen molar-refractivity contribution >= 4 is 5.91 Å². The van der Waals surface area contributed by atoms with Crippen molar-refractivity contribution in [1.82, 2.24) is 5.32 Å². The zero-order chi connectivity index (χ0) is 28.1. The molecule has 0 aromatic rings. The Morgan fingerprint density at radius 1 is 0.605 bits per heavy atom. The zero-order valence-electron chi connectivity index (χ0n) is 25.3. The average molecular weight is 540 g/mol. The highest BCUT2D eigenvalue weighted by atomic mass is 16.3. The Morgan fingerprint density at radius 2 is 1.00 bits per heavy atom. The lowest BCUT2D eigenvalue weighted by molar-refractivity contribution is -0.131. The van der Waals surface area contributed by atoms with Crippen molar-refractivity contribution in [1.29, 1.82) is 0 Å². The summed E-state index contributed by atoms with van der Waals surface area (Å²) in [6.07, 6.45) is 30.4. The third kappa shape index (κ3) is 24.2. The number of carbonyl (C=O) groups is 1. The van der Waals surface area contributed by atoms with Gasteiger partial charge in [0.15, 0.2) is 0 Å². The zero-order valence-corrected chi connectivity index (χ0v) is 25.3. The van der Waals surface area contributed by atoms with Crippen molar-refractivity contribution < 1.29 is 20.1 Å². The van der Waals surface area contributed by atoms with Crippen LogP contribution in [0.25, 0.3) is 0 Å². The van der Waals surface area contributed by atoms with Gasteiger partial charge in [-0.1, -0.05) is 142 Å². The monoisotopic (exact) mass is 539 g/mol. The first-order valence-electron chi connectivity index (χ1n) is 16.5. The Bertz CT molecular complexity index is 525. The summed E-state index contributed by atoms with van der Waals surface area (Å²) < 4.78 is 0. The molecular formula is C33H65NO4. The Morgan fingerprint density at radius 3 is 1.50 bits per heavy atom. The molecule has 5 nitrogen and oxygen atoms in total. The van der Waals surface area contributed by atoms with Gasteiger partial charge in [0.05, 0.1) is 18.8 Å². The maximum atomic E-state index is 12.3. The second-order valence-corrected chi connectivity index (χ2v) is 11.4. The molecule has 1 amide bonds. The molecule has 0 rings (SSSR count). The van der Waals surface area contributed by atoms with Gasteiger partial charge in [0.2, 0.25) is 5.91 Å². The summed E-state index contributed by atoms with van der Waals surface area (Å²) in [5.74, 6) is -0.483. The predicted octanol–water partition coefficient (Wildman–Crippen LogP) is 8.14. The van der Waals surface area contributed by atoms with E-state index in [-0.39, 0.29) is 6.61 Å². The summed E-state index contributed by atoms with van der Waals surface area (Å²) >= 11 is 0. The van der Waals surface area contributed by atoms with Crippen LogP contribution in [0.4, 0.5) is 0 Å². The number of amides is 1. The summed E-state index contributed by atoms with van der Waals surface area (Å²) in [5.41, 5.74) is 0. The predicted molar refractivity (Wildman–Crippen MR) is 162 cm³/mol. The average Bonchev–Trinajstić information content (AvgIpc) is 2.92. The first-order valence-corrected chi connectivity index (χ1v) is 16.5. The van der Waals surface area contributed by atoms with E-state index in [1.165, 1.54) is 96.3 Å². The number of nitrogens with one attached hydrogen (secondary N) is 1. The maximum absolute atomic E-state index is 12.3. The first-order chi connectivity index (χ1) is 18.6. The van der Waals surface area contributed by atoms with Crippen LogP contribution in [0.2, 0.25) is 0 Å². The van der Waals surface area contributed by atoms with Crippen LogP contribution in [0.3, 0.4) is 0 Å². The van der Waals surface area contributed by atoms with Crippen LogP contribution in [0.15, 0.2) is 12.2 Å². The summed E-state index contributed by atoms with van der Waals surface area (Å²) in [6, 6.07) is -0.710. The van der Waals surface area contributed by atoms with E-state index in [0.717, 1.165) is 44.9 Å². The van der Waals surface area contributed by atoms with Gasteiger partial charge in [-0.3, -0.25) is 4.79 Å². The minimum absolute atomic E-state index is 0.315. The van der Waals surface area contributed by atoms with Gasteiger partial charge < -0.3 is 20.6 Å². The minimum Gasteiger partial charge on any atom is -0.394 e. The van der Waals surface area contributed by atoms with Crippen molar-refractivity contribution in [2.45, 2.75) is 186 Å². The topological polar surface area (TPSA) is 89.8 Å². The van der Waals surface area contributed by atoms with Gasteiger partial charge in [-0.15, -0.1) is 0 Å². The molecule has 0 bridgehead atoms. The van der Waals surface area contributed by atoms with Crippen LogP contribution in [0.5, 0.6) is 0 Å². The van der Waals surface area contributed by atoms with E-state index in [9.17, 15) is 20.1 Å². The van der Waals surface area contributed by atoms with Gasteiger partial charge >= 0.3 is 0 Å². The van der Waals surface area contributed by atoms with Crippen LogP contribution in [-0.2, 0) is 4.79 Å². The molecule has 0 aromatic carbocycles. The van der Waals surface area contributed by atoms with Crippen molar-refractivity contribution in [3.05, 3.63) is 12.2 Å². The fraction of sp³-hybridized carbons (Fsp3) is 0.909. The van der Waals surface area contributed by atoms with Crippen molar-refractivity contribution in [3.8, 4) is 0 Å². The summed E-state index contributed by atoms with van der Waals surface area (Å²) in [6.45, 7) is 4.17. The molecule has 3 atom stereocenters. The quantitative estimate of drug-likeness (QED) is 0.0570. The smallest absolute Gasteiger partial charge is 0.249 e. The van der Waals surface area contributed by atoms with Crippen LogP contribution >= 0.6 is 0 Å². The van der Waals surface area contributed by atoms with E-state index in [1.807, 2.05) is 0 Å². The number of allylic oxidation sites excluding steroid dienone is 2. The number of aliphatic hydroxyl groups is 3. The fourth-order valence-corrected chi connectivity index (χ4v) is 4.95. The van der Waals surface area contributed by atoms with Gasteiger partial charge in [-0.25, -0.2) is 0 Å². The molecule has 3 unspecified atom stereocenters. The molecule has 0 aliphatic carbocycles. The number of aliphatic hydroxyl groups excluding tert-OH is 3. The Kier molecular flexibility index (Phi) is 28.4. The highest BCUT2D eigenvalue weighted by molar-refractivity contribution is 5.80. The van der Waals surface area contributed by atoms with E-state index in [2.05, 4.69) is 31.3 Å². The van der Waals surface area contributed by atoms with Crippen molar-refractivity contribution in [2.24, 2.45) is 0 Å². The van der Waals surface area contributed by atoms with Crippen LogP contribution < -0.4 is 5.32 Å². The molecular weight excluding hydrogens is 474 g/mol.